The number of benzene rings is 1. The fourth-order valence-corrected chi connectivity index (χ4v) is 3.59. The van der Waals surface area contributed by atoms with E-state index < -0.39 is 10.0 Å². The first-order valence-electron chi connectivity index (χ1n) is 7.38. The topological polar surface area (TPSA) is 49.7 Å². The molecule has 1 fully saturated rings. The Morgan fingerprint density at radius 2 is 1.71 bits per heavy atom. The minimum Gasteiger partial charge on any atom is -0.355 e. The van der Waals surface area contributed by atoms with Crippen LogP contribution in [0, 0.1) is 6.92 Å². The molecule has 0 aliphatic carbocycles. The molecule has 1 heterocycles. The number of likely N-dealkylation sites (tertiary alicyclic amines) is 1. The molecule has 0 unspecified atom stereocenters. The smallest absolute Gasteiger partial charge is 0.283 e. The molecule has 21 heavy (non-hydrogen) atoms. The summed E-state index contributed by atoms with van der Waals surface area (Å²) in [6.45, 7) is 9.07. The quantitative estimate of drug-likeness (QED) is 0.841. The average Bonchev–Trinajstić information content (AvgIpc) is 2.38. The summed E-state index contributed by atoms with van der Waals surface area (Å²) in [6.07, 6.45) is 2.80. The highest BCUT2D eigenvalue weighted by Gasteiger charge is 2.28. The van der Waals surface area contributed by atoms with Crippen LogP contribution in [0.3, 0.4) is 0 Å². The third-order valence-electron chi connectivity index (χ3n) is 3.70. The molecule has 116 valence electrons. The van der Waals surface area contributed by atoms with Crippen LogP contribution in [0.15, 0.2) is 33.6 Å². The lowest BCUT2D eigenvalue weighted by atomic mass is 10.0. The van der Waals surface area contributed by atoms with Crippen molar-refractivity contribution in [2.24, 2.45) is 4.40 Å². The van der Waals surface area contributed by atoms with Crippen LogP contribution in [0.1, 0.15) is 45.6 Å². The Hall–Kier alpha value is -1.36. The third-order valence-corrected chi connectivity index (χ3v) is 5.02. The van der Waals surface area contributed by atoms with Crippen LogP contribution in [0.5, 0.6) is 0 Å². The number of sulfonamides is 1. The van der Waals surface area contributed by atoms with E-state index in [9.17, 15) is 8.42 Å². The number of nitrogens with zero attached hydrogens (tertiary/aromatic N) is 2. The summed E-state index contributed by atoms with van der Waals surface area (Å²) in [6, 6.07) is 6.85. The highest BCUT2D eigenvalue weighted by Crippen LogP contribution is 2.24. The van der Waals surface area contributed by atoms with Crippen LogP contribution in [0.4, 0.5) is 0 Å². The van der Waals surface area contributed by atoms with Gasteiger partial charge < -0.3 is 4.90 Å². The molecule has 4 nitrogen and oxygen atoms in total. The Morgan fingerprint density at radius 3 is 2.29 bits per heavy atom. The van der Waals surface area contributed by atoms with Crippen LogP contribution < -0.4 is 0 Å². The van der Waals surface area contributed by atoms with Crippen molar-refractivity contribution in [1.82, 2.24) is 4.90 Å². The Kier molecular flexibility index (Phi) is 4.42. The van der Waals surface area contributed by atoms with E-state index in [4.69, 9.17) is 0 Å². The fourth-order valence-electron chi connectivity index (χ4n) is 2.54. The van der Waals surface area contributed by atoms with Crippen molar-refractivity contribution in [1.29, 1.82) is 0 Å². The first-order valence-corrected chi connectivity index (χ1v) is 8.82. The second-order valence-corrected chi connectivity index (χ2v) is 8.18. The molecule has 0 radical (unpaired) electrons. The van der Waals surface area contributed by atoms with Crippen molar-refractivity contribution >= 4 is 15.9 Å². The van der Waals surface area contributed by atoms with Crippen molar-refractivity contribution in [2.45, 2.75) is 57.4 Å². The Bertz CT molecular complexity index is 625. The molecule has 1 aromatic rings. The first-order chi connectivity index (χ1) is 9.70. The maximum Gasteiger partial charge on any atom is 0.283 e. The van der Waals surface area contributed by atoms with Crippen molar-refractivity contribution < 1.29 is 8.42 Å². The number of amidine groups is 1. The van der Waals surface area contributed by atoms with Gasteiger partial charge in [-0.1, -0.05) is 17.7 Å². The van der Waals surface area contributed by atoms with Gasteiger partial charge in [-0.2, -0.15) is 8.42 Å². The minimum atomic E-state index is -3.62. The summed E-state index contributed by atoms with van der Waals surface area (Å²) >= 11 is 0. The molecule has 0 saturated carbocycles. The second-order valence-electron chi connectivity index (χ2n) is 6.58. The molecular weight excluding hydrogens is 284 g/mol. The molecule has 0 N–H and O–H groups in total. The average molecular weight is 308 g/mol. The van der Waals surface area contributed by atoms with E-state index in [-0.39, 0.29) is 10.4 Å². The monoisotopic (exact) mass is 308 g/mol. The Balaban J connectivity index is 2.37. The van der Waals surface area contributed by atoms with Gasteiger partial charge in [0.2, 0.25) is 0 Å². The zero-order chi connectivity index (χ0) is 15.7. The molecule has 1 aliphatic rings. The zero-order valence-electron chi connectivity index (χ0n) is 13.3. The lowest BCUT2D eigenvalue weighted by molar-refractivity contribution is 0.215. The number of hydrogen-bond acceptors (Lipinski definition) is 2. The summed E-state index contributed by atoms with van der Waals surface area (Å²) < 4.78 is 29.1. The van der Waals surface area contributed by atoms with Crippen LogP contribution in [-0.4, -0.2) is 31.2 Å². The van der Waals surface area contributed by atoms with E-state index in [0.29, 0.717) is 5.84 Å². The maximum absolute atomic E-state index is 12.5. The molecule has 1 saturated heterocycles. The molecule has 0 amide bonds. The molecule has 0 atom stereocenters. The van der Waals surface area contributed by atoms with E-state index in [1.54, 1.807) is 24.3 Å². The van der Waals surface area contributed by atoms with E-state index in [1.807, 2.05) is 6.92 Å². The Labute approximate surface area is 127 Å². The van der Waals surface area contributed by atoms with E-state index >= 15 is 0 Å². The number of aryl methyl sites for hydroxylation is 1. The van der Waals surface area contributed by atoms with Crippen molar-refractivity contribution in [2.75, 3.05) is 6.54 Å². The molecule has 0 spiro atoms. The summed E-state index contributed by atoms with van der Waals surface area (Å²) in [5.74, 6) is 0.689. The van der Waals surface area contributed by atoms with Gasteiger partial charge in [0.1, 0.15) is 5.84 Å². The standard InChI is InChI=1S/C16H24N2O2S/c1-13-8-10-14(11-9-13)21(19,20)17-15-7-5-6-12-18(15)16(2,3)4/h8-11H,5-7,12H2,1-4H3/b17-15+. The van der Waals surface area contributed by atoms with Gasteiger partial charge in [-0.05, 0) is 52.7 Å². The number of piperidine rings is 1. The molecular formula is C16H24N2O2S. The van der Waals surface area contributed by atoms with Gasteiger partial charge >= 0.3 is 0 Å². The van der Waals surface area contributed by atoms with E-state index in [1.165, 1.54) is 0 Å². The molecule has 0 bridgehead atoms. The second kappa shape index (κ2) is 5.79. The molecule has 5 heteroatoms. The highest BCUT2D eigenvalue weighted by atomic mass is 32.2. The van der Waals surface area contributed by atoms with Gasteiger partial charge in [0.15, 0.2) is 0 Å². The predicted octanol–water partition coefficient (Wildman–Crippen LogP) is 3.37. The zero-order valence-corrected chi connectivity index (χ0v) is 14.1. The summed E-state index contributed by atoms with van der Waals surface area (Å²) in [7, 11) is -3.62. The van der Waals surface area contributed by atoms with Gasteiger partial charge in [-0.3, -0.25) is 0 Å². The largest absolute Gasteiger partial charge is 0.355 e. The van der Waals surface area contributed by atoms with Crippen LogP contribution >= 0.6 is 0 Å². The summed E-state index contributed by atoms with van der Waals surface area (Å²) in [4.78, 5) is 2.38. The number of rotatable bonds is 2. The third kappa shape index (κ3) is 3.84. The summed E-state index contributed by atoms with van der Waals surface area (Å²) in [5.41, 5.74) is 0.929. The van der Waals surface area contributed by atoms with Gasteiger partial charge in [-0.15, -0.1) is 4.40 Å². The Morgan fingerprint density at radius 1 is 1.10 bits per heavy atom. The predicted molar refractivity (Wildman–Crippen MR) is 86.1 cm³/mol. The highest BCUT2D eigenvalue weighted by molar-refractivity contribution is 7.90. The normalized spacial score (nSPS) is 19.0. The first kappa shape index (κ1) is 16.0. The van der Waals surface area contributed by atoms with Crippen molar-refractivity contribution in [3.63, 3.8) is 0 Å². The SMILES string of the molecule is Cc1ccc(S(=O)(=O)/N=C2\CCCCN2C(C)(C)C)cc1. The number of hydrogen-bond donors (Lipinski definition) is 0. The lowest BCUT2D eigenvalue weighted by Gasteiger charge is -2.40. The minimum absolute atomic E-state index is 0.109. The van der Waals surface area contributed by atoms with Gasteiger partial charge in [0.25, 0.3) is 10.0 Å². The molecule has 1 aliphatic heterocycles. The molecule has 0 aromatic heterocycles. The van der Waals surface area contributed by atoms with Gasteiger partial charge in [0, 0.05) is 18.5 Å². The summed E-state index contributed by atoms with van der Waals surface area (Å²) in [5, 5.41) is 0. The van der Waals surface area contributed by atoms with Crippen LogP contribution in [-0.2, 0) is 10.0 Å². The van der Waals surface area contributed by atoms with Crippen molar-refractivity contribution in [3.8, 4) is 0 Å². The lowest BCUT2D eigenvalue weighted by Crippen LogP contribution is -2.48. The van der Waals surface area contributed by atoms with Gasteiger partial charge in [-0.25, -0.2) is 0 Å². The molecule has 2 rings (SSSR count). The van der Waals surface area contributed by atoms with Crippen LogP contribution in [0.2, 0.25) is 0 Å². The van der Waals surface area contributed by atoms with Crippen LogP contribution in [0.25, 0.3) is 0 Å². The molecule has 1 aromatic carbocycles. The van der Waals surface area contributed by atoms with E-state index in [0.717, 1.165) is 31.4 Å². The van der Waals surface area contributed by atoms with Crippen molar-refractivity contribution in [3.05, 3.63) is 29.8 Å². The van der Waals surface area contributed by atoms with Gasteiger partial charge in [0.05, 0.1) is 4.90 Å². The maximum atomic E-state index is 12.5. The van der Waals surface area contributed by atoms with E-state index in [2.05, 4.69) is 30.1 Å². The fraction of sp³-hybridized carbons (Fsp3) is 0.562.